The van der Waals surface area contributed by atoms with Crippen molar-refractivity contribution < 1.29 is 9.53 Å². The molecular weight excluding hydrogens is 314 g/mol. The smallest absolute Gasteiger partial charge is 0.331 e. The number of thiophene rings is 1. The van der Waals surface area contributed by atoms with Crippen LogP contribution in [0.2, 0.25) is 0 Å². The molecule has 5 heteroatoms. The molecule has 3 nitrogen and oxygen atoms in total. The molecule has 1 aliphatic rings. The van der Waals surface area contributed by atoms with Gasteiger partial charge in [0, 0.05) is 17.2 Å². The Hall–Kier alpha value is -0.520. The highest BCUT2D eigenvalue weighted by molar-refractivity contribution is 7.99. The van der Waals surface area contributed by atoms with E-state index < -0.39 is 5.54 Å². The molecule has 1 atom stereocenters. The van der Waals surface area contributed by atoms with Crippen LogP contribution in [0.4, 0.5) is 0 Å². The minimum Gasteiger partial charge on any atom is -0.464 e. The summed E-state index contributed by atoms with van der Waals surface area (Å²) in [7, 11) is 0. The summed E-state index contributed by atoms with van der Waals surface area (Å²) in [6, 6.07) is 4.06. The summed E-state index contributed by atoms with van der Waals surface area (Å²) in [4.78, 5) is 16.0. The predicted octanol–water partition coefficient (Wildman–Crippen LogP) is 4.38. The first-order chi connectivity index (χ1) is 10.7. The Morgan fingerprint density at radius 2 is 2.09 bits per heavy atom. The van der Waals surface area contributed by atoms with Crippen molar-refractivity contribution in [1.29, 1.82) is 0 Å². The Bertz CT molecular complexity index is 414. The molecule has 126 valence electrons. The van der Waals surface area contributed by atoms with E-state index >= 15 is 0 Å². The summed E-state index contributed by atoms with van der Waals surface area (Å²) in [5, 5.41) is 2.03. The number of thioether (sulfide) groups is 1. The molecule has 0 spiro atoms. The fraction of sp³-hybridized carbons (Fsp3) is 0.706. The normalized spacial score (nSPS) is 19.1. The van der Waals surface area contributed by atoms with E-state index in [0.717, 1.165) is 30.1 Å². The fourth-order valence-corrected chi connectivity index (χ4v) is 4.42. The molecule has 1 unspecified atom stereocenters. The molecule has 22 heavy (non-hydrogen) atoms. The van der Waals surface area contributed by atoms with Gasteiger partial charge in [0.2, 0.25) is 0 Å². The first kappa shape index (κ1) is 19.5. The van der Waals surface area contributed by atoms with Crippen molar-refractivity contribution in [3.63, 3.8) is 0 Å². The van der Waals surface area contributed by atoms with Crippen LogP contribution < -0.4 is 0 Å². The second-order valence-corrected chi connectivity index (χ2v) is 7.25. The van der Waals surface area contributed by atoms with E-state index in [-0.39, 0.29) is 5.97 Å². The number of nitrogens with zero attached hydrogens (tertiary/aromatic N) is 1. The van der Waals surface area contributed by atoms with Crippen LogP contribution in [0.25, 0.3) is 0 Å². The molecule has 2 rings (SSSR count). The lowest BCUT2D eigenvalue weighted by molar-refractivity contribution is -0.157. The van der Waals surface area contributed by atoms with Crippen LogP contribution in [0, 0.1) is 0 Å². The molecule has 0 amide bonds. The lowest BCUT2D eigenvalue weighted by atomic mass is 9.97. The van der Waals surface area contributed by atoms with Gasteiger partial charge in [-0.1, -0.05) is 19.9 Å². The highest BCUT2D eigenvalue weighted by atomic mass is 32.2. The van der Waals surface area contributed by atoms with Gasteiger partial charge in [-0.2, -0.15) is 11.8 Å². The lowest BCUT2D eigenvalue weighted by Crippen LogP contribution is -2.51. The molecule has 0 N–H and O–H groups in total. The number of hydrogen-bond donors (Lipinski definition) is 0. The highest BCUT2D eigenvalue weighted by Gasteiger charge is 2.43. The standard InChI is InChI=1S/C15H23NO2S2.C2H6/c1-3-18-14(17)15(2,13-7-6-11-20-13)16-8-4-5-10-19-12-9-16;1-2/h6-7,11H,3-5,8-10,12H2,1-2H3;1-2H3. The maximum atomic E-state index is 12.6. The van der Waals surface area contributed by atoms with Gasteiger partial charge in [-0.15, -0.1) is 11.3 Å². The zero-order valence-electron chi connectivity index (χ0n) is 14.3. The van der Waals surface area contributed by atoms with Crippen LogP contribution in [-0.2, 0) is 15.1 Å². The van der Waals surface area contributed by atoms with Gasteiger partial charge in [-0.25, -0.2) is 4.79 Å². The van der Waals surface area contributed by atoms with Gasteiger partial charge in [-0.05, 0) is 50.4 Å². The predicted molar refractivity (Wildman–Crippen MR) is 97.8 cm³/mol. The van der Waals surface area contributed by atoms with Gasteiger partial charge < -0.3 is 4.74 Å². The Labute approximate surface area is 143 Å². The molecule has 1 aliphatic heterocycles. The van der Waals surface area contributed by atoms with Gasteiger partial charge >= 0.3 is 5.97 Å². The van der Waals surface area contributed by atoms with Crippen LogP contribution in [-0.4, -0.2) is 42.1 Å². The molecule has 1 aromatic heterocycles. The number of carbonyl (C=O) groups is 1. The van der Waals surface area contributed by atoms with Crippen molar-refractivity contribution in [2.75, 3.05) is 31.2 Å². The summed E-state index contributed by atoms with van der Waals surface area (Å²) < 4.78 is 5.38. The monoisotopic (exact) mass is 343 g/mol. The van der Waals surface area contributed by atoms with Crippen molar-refractivity contribution >= 4 is 29.1 Å². The van der Waals surface area contributed by atoms with E-state index in [0.29, 0.717) is 6.61 Å². The van der Waals surface area contributed by atoms with E-state index in [9.17, 15) is 4.79 Å². The summed E-state index contributed by atoms with van der Waals surface area (Å²) >= 11 is 3.62. The van der Waals surface area contributed by atoms with Crippen molar-refractivity contribution in [3.05, 3.63) is 22.4 Å². The first-order valence-corrected chi connectivity index (χ1v) is 10.3. The Kier molecular flexibility index (Phi) is 9.13. The van der Waals surface area contributed by atoms with E-state index in [1.54, 1.807) is 11.3 Å². The van der Waals surface area contributed by atoms with E-state index in [2.05, 4.69) is 4.90 Å². The van der Waals surface area contributed by atoms with Gasteiger partial charge in [0.15, 0.2) is 5.54 Å². The van der Waals surface area contributed by atoms with Crippen molar-refractivity contribution in [2.24, 2.45) is 0 Å². The summed E-state index contributed by atoms with van der Waals surface area (Å²) in [6.07, 6.45) is 2.37. The number of hydrogen-bond acceptors (Lipinski definition) is 5. The molecule has 1 aromatic rings. The highest BCUT2D eigenvalue weighted by Crippen LogP contribution is 2.34. The second-order valence-electron chi connectivity index (χ2n) is 5.08. The minimum atomic E-state index is -0.637. The Morgan fingerprint density at radius 3 is 2.73 bits per heavy atom. The lowest BCUT2D eigenvalue weighted by Gasteiger charge is -2.39. The first-order valence-electron chi connectivity index (χ1n) is 8.23. The molecule has 0 aromatic carbocycles. The molecule has 1 saturated heterocycles. The van der Waals surface area contributed by atoms with E-state index in [4.69, 9.17) is 4.74 Å². The average molecular weight is 344 g/mol. The fourth-order valence-electron chi connectivity index (χ4n) is 2.56. The molecule has 1 fully saturated rings. The van der Waals surface area contributed by atoms with Gasteiger partial charge in [0.05, 0.1) is 6.61 Å². The number of esters is 1. The van der Waals surface area contributed by atoms with Crippen LogP contribution in [0.5, 0.6) is 0 Å². The molecule has 0 radical (unpaired) electrons. The molecule has 2 heterocycles. The molecular formula is C17H29NO2S2. The van der Waals surface area contributed by atoms with Crippen molar-refractivity contribution in [3.8, 4) is 0 Å². The van der Waals surface area contributed by atoms with Crippen LogP contribution in [0.15, 0.2) is 17.5 Å². The van der Waals surface area contributed by atoms with Crippen LogP contribution in [0.3, 0.4) is 0 Å². The van der Waals surface area contributed by atoms with Crippen LogP contribution >= 0.6 is 23.1 Å². The minimum absolute atomic E-state index is 0.118. The third kappa shape index (κ3) is 4.74. The van der Waals surface area contributed by atoms with Crippen LogP contribution in [0.1, 0.15) is 45.4 Å². The second kappa shape index (κ2) is 10.3. The number of rotatable bonds is 4. The van der Waals surface area contributed by atoms with Gasteiger partial charge in [0.25, 0.3) is 0 Å². The maximum Gasteiger partial charge on any atom is 0.331 e. The third-order valence-corrected chi connectivity index (χ3v) is 5.91. The molecule has 0 aliphatic carbocycles. The SMILES string of the molecule is CC.CCOC(=O)C(C)(c1cccs1)N1CCCCSCC1. The number of carbonyl (C=O) groups excluding carboxylic acids is 1. The zero-order chi connectivity index (χ0) is 16.4. The number of ether oxygens (including phenoxy) is 1. The average Bonchev–Trinajstić information content (AvgIpc) is 3.03. The van der Waals surface area contributed by atoms with E-state index in [1.807, 2.05) is 57.0 Å². The summed E-state index contributed by atoms with van der Waals surface area (Å²) in [6.45, 7) is 10.2. The topological polar surface area (TPSA) is 29.5 Å². The molecule has 0 bridgehead atoms. The molecule has 0 saturated carbocycles. The van der Waals surface area contributed by atoms with E-state index in [1.165, 1.54) is 12.2 Å². The summed E-state index contributed by atoms with van der Waals surface area (Å²) in [5.41, 5.74) is -0.637. The zero-order valence-corrected chi connectivity index (χ0v) is 15.9. The quantitative estimate of drug-likeness (QED) is 0.759. The Balaban J connectivity index is 0.00000116. The van der Waals surface area contributed by atoms with Crippen molar-refractivity contribution in [1.82, 2.24) is 4.90 Å². The largest absolute Gasteiger partial charge is 0.464 e. The summed E-state index contributed by atoms with van der Waals surface area (Å²) in [5.74, 6) is 2.21. The third-order valence-electron chi connectivity index (χ3n) is 3.78. The van der Waals surface area contributed by atoms with Gasteiger partial charge in [-0.3, -0.25) is 4.90 Å². The maximum absolute atomic E-state index is 12.6. The van der Waals surface area contributed by atoms with Crippen molar-refractivity contribution in [2.45, 2.75) is 46.1 Å². The Morgan fingerprint density at radius 1 is 1.32 bits per heavy atom. The van der Waals surface area contributed by atoms with Gasteiger partial charge in [0.1, 0.15) is 0 Å².